The highest BCUT2D eigenvalue weighted by Crippen LogP contribution is 2.32. The molecule has 0 aliphatic carbocycles. The molecule has 0 bridgehead atoms. The minimum atomic E-state index is -0.388. The summed E-state index contributed by atoms with van der Waals surface area (Å²) in [6, 6.07) is 11.7. The molecule has 0 spiro atoms. The zero-order chi connectivity index (χ0) is 22.0. The second-order valence-electron chi connectivity index (χ2n) is 8.06. The Labute approximate surface area is 184 Å². The lowest BCUT2D eigenvalue weighted by Gasteiger charge is -2.31. The Morgan fingerprint density at radius 1 is 1.26 bits per heavy atom. The maximum Gasteiger partial charge on any atom is 0.350 e. The molecule has 31 heavy (non-hydrogen) atoms. The number of pyridine rings is 1. The molecule has 162 valence electrons. The van der Waals surface area contributed by atoms with Gasteiger partial charge in [0.25, 0.3) is 0 Å². The number of thioether (sulfide) groups is 1. The van der Waals surface area contributed by atoms with Gasteiger partial charge in [-0.05, 0) is 32.4 Å². The first-order chi connectivity index (χ1) is 14.9. The van der Waals surface area contributed by atoms with E-state index in [0.29, 0.717) is 36.9 Å². The second kappa shape index (κ2) is 8.80. The SMILES string of the molecule is CCOC(=O)CSc1c2cc3c(nc2nc(=O)n1Cc1ccccc1)CC(C)(C)OC3. The summed E-state index contributed by atoms with van der Waals surface area (Å²) in [5, 5.41) is 1.40. The fourth-order valence-corrected chi connectivity index (χ4v) is 4.55. The van der Waals surface area contributed by atoms with Crippen molar-refractivity contribution in [3.8, 4) is 0 Å². The van der Waals surface area contributed by atoms with Crippen LogP contribution in [0.3, 0.4) is 0 Å². The van der Waals surface area contributed by atoms with Crippen LogP contribution in [0.2, 0.25) is 0 Å². The van der Waals surface area contributed by atoms with E-state index in [4.69, 9.17) is 14.5 Å². The molecule has 1 aromatic carbocycles. The van der Waals surface area contributed by atoms with E-state index in [0.717, 1.165) is 22.2 Å². The first kappa shape index (κ1) is 21.5. The molecule has 2 aromatic heterocycles. The normalized spacial score (nSPS) is 14.9. The van der Waals surface area contributed by atoms with Crippen molar-refractivity contribution in [2.24, 2.45) is 0 Å². The van der Waals surface area contributed by atoms with Gasteiger partial charge < -0.3 is 9.47 Å². The average Bonchev–Trinajstić information content (AvgIpc) is 2.73. The van der Waals surface area contributed by atoms with Gasteiger partial charge in [-0.2, -0.15) is 4.98 Å². The Bertz CT molecular complexity index is 1170. The molecule has 0 amide bonds. The summed E-state index contributed by atoms with van der Waals surface area (Å²) in [5.74, 6) is -0.228. The molecule has 0 radical (unpaired) electrons. The van der Waals surface area contributed by atoms with Crippen LogP contribution >= 0.6 is 11.8 Å². The van der Waals surface area contributed by atoms with E-state index in [1.807, 2.05) is 50.2 Å². The van der Waals surface area contributed by atoms with Crippen LogP contribution < -0.4 is 5.69 Å². The second-order valence-corrected chi connectivity index (χ2v) is 9.02. The van der Waals surface area contributed by atoms with Crippen molar-refractivity contribution in [2.45, 2.75) is 51.0 Å². The fourth-order valence-electron chi connectivity index (χ4n) is 3.60. The zero-order valence-corrected chi connectivity index (χ0v) is 18.7. The number of benzene rings is 1. The quantitative estimate of drug-likeness (QED) is 0.331. The molecule has 3 aromatic rings. The lowest BCUT2D eigenvalue weighted by molar-refractivity contribution is -0.139. The van der Waals surface area contributed by atoms with Crippen LogP contribution in [0.1, 0.15) is 37.6 Å². The standard InChI is InChI=1S/C23H25N3O4S/c1-4-29-19(27)14-31-21-17-10-16-13-30-23(2,3)11-18(16)24-20(17)25-22(28)26(21)12-15-8-6-5-7-9-15/h5-10H,4,11-14H2,1-3H3. The molecule has 0 unspecified atom stereocenters. The largest absolute Gasteiger partial charge is 0.465 e. The van der Waals surface area contributed by atoms with Gasteiger partial charge in [0.05, 0.1) is 47.2 Å². The number of hydrogen-bond acceptors (Lipinski definition) is 7. The fraction of sp³-hybridized carbons (Fsp3) is 0.391. The summed E-state index contributed by atoms with van der Waals surface area (Å²) in [6.45, 7) is 6.93. The van der Waals surface area contributed by atoms with Gasteiger partial charge in [-0.1, -0.05) is 42.1 Å². The molecule has 0 N–H and O–H groups in total. The number of fused-ring (bicyclic) bond motifs is 2. The summed E-state index contributed by atoms with van der Waals surface area (Å²) >= 11 is 1.28. The van der Waals surface area contributed by atoms with Crippen molar-refractivity contribution in [1.82, 2.24) is 14.5 Å². The topological polar surface area (TPSA) is 83.3 Å². The van der Waals surface area contributed by atoms with Gasteiger partial charge in [-0.25, -0.2) is 9.78 Å². The molecule has 0 saturated carbocycles. The van der Waals surface area contributed by atoms with Crippen LogP contribution in [0, 0.1) is 0 Å². The summed E-state index contributed by atoms with van der Waals surface area (Å²) in [6.07, 6.45) is 0.651. The molecule has 0 fully saturated rings. The highest BCUT2D eigenvalue weighted by atomic mass is 32.2. The zero-order valence-electron chi connectivity index (χ0n) is 17.9. The lowest BCUT2D eigenvalue weighted by atomic mass is 9.95. The van der Waals surface area contributed by atoms with Gasteiger partial charge in [-0.15, -0.1) is 0 Å². The van der Waals surface area contributed by atoms with E-state index in [9.17, 15) is 9.59 Å². The number of hydrogen-bond donors (Lipinski definition) is 0. The van der Waals surface area contributed by atoms with Gasteiger partial charge >= 0.3 is 11.7 Å². The number of esters is 1. The monoisotopic (exact) mass is 439 g/mol. The minimum absolute atomic E-state index is 0.0990. The summed E-state index contributed by atoms with van der Waals surface area (Å²) in [5.41, 5.74) is 2.56. The Morgan fingerprint density at radius 2 is 2.03 bits per heavy atom. The van der Waals surface area contributed by atoms with E-state index >= 15 is 0 Å². The predicted molar refractivity (Wildman–Crippen MR) is 119 cm³/mol. The molecule has 4 rings (SSSR count). The third kappa shape index (κ3) is 4.80. The Kier molecular flexibility index (Phi) is 6.11. The molecule has 0 atom stereocenters. The van der Waals surface area contributed by atoms with E-state index < -0.39 is 0 Å². The third-order valence-corrected chi connectivity index (χ3v) is 6.20. The van der Waals surface area contributed by atoms with Crippen LogP contribution in [-0.2, 0) is 33.8 Å². The number of aromatic nitrogens is 3. The van der Waals surface area contributed by atoms with E-state index in [-0.39, 0.29) is 23.0 Å². The molecule has 1 aliphatic heterocycles. The average molecular weight is 440 g/mol. The highest BCUT2D eigenvalue weighted by molar-refractivity contribution is 8.00. The van der Waals surface area contributed by atoms with E-state index in [1.54, 1.807) is 11.5 Å². The lowest BCUT2D eigenvalue weighted by Crippen LogP contribution is -2.33. The first-order valence-electron chi connectivity index (χ1n) is 10.3. The predicted octanol–water partition coefficient (Wildman–Crippen LogP) is 3.35. The summed E-state index contributed by atoms with van der Waals surface area (Å²) in [4.78, 5) is 34.0. The van der Waals surface area contributed by atoms with Gasteiger partial charge in [0.1, 0.15) is 0 Å². The molecular formula is C23H25N3O4S. The maximum atomic E-state index is 13.0. The van der Waals surface area contributed by atoms with Crippen molar-refractivity contribution in [3.05, 3.63) is 63.7 Å². The molecule has 3 heterocycles. The van der Waals surface area contributed by atoms with Crippen molar-refractivity contribution in [2.75, 3.05) is 12.4 Å². The van der Waals surface area contributed by atoms with Crippen LogP contribution in [0.4, 0.5) is 0 Å². The Morgan fingerprint density at radius 3 is 2.77 bits per heavy atom. The summed E-state index contributed by atoms with van der Waals surface area (Å²) in [7, 11) is 0. The summed E-state index contributed by atoms with van der Waals surface area (Å²) < 4.78 is 12.6. The van der Waals surface area contributed by atoms with Crippen LogP contribution in [0.15, 0.2) is 46.2 Å². The molecule has 7 nitrogen and oxygen atoms in total. The van der Waals surface area contributed by atoms with Crippen molar-refractivity contribution < 1.29 is 14.3 Å². The van der Waals surface area contributed by atoms with E-state index in [2.05, 4.69) is 4.98 Å². The maximum absolute atomic E-state index is 13.0. The number of carbonyl (C=O) groups is 1. The number of ether oxygens (including phenoxy) is 2. The molecular weight excluding hydrogens is 414 g/mol. The van der Waals surface area contributed by atoms with Crippen LogP contribution in [0.5, 0.6) is 0 Å². The molecule has 0 saturated heterocycles. The third-order valence-electron chi connectivity index (χ3n) is 5.11. The first-order valence-corrected chi connectivity index (χ1v) is 11.2. The number of rotatable bonds is 6. The van der Waals surface area contributed by atoms with E-state index in [1.165, 1.54) is 11.8 Å². The smallest absolute Gasteiger partial charge is 0.350 e. The Hall–Kier alpha value is -2.71. The van der Waals surface area contributed by atoms with Gasteiger partial charge in [0.15, 0.2) is 5.65 Å². The minimum Gasteiger partial charge on any atom is -0.465 e. The number of carbonyl (C=O) groups excluding carboxylic acids is 1. The van der Waals surface area contributed by atoms with Gasteiger partial charge in [-0.3, -0.25) is 9.36 Å². The number of nitrogens with zero attached hydrogens (tertiary/aromatic N) is 3. The van der Waals surface area contributed by atoms with Crippen molar-refractivity contribution in [1.29, 1.82) is 0 Å². The Balaban J connectivity index is 1.83. The van der Waals surface area contributed by atoms with Crippen LogP contribution in [-0.4, -0.2) is 38.5 Å². The van der Waals surface area contributed by atoms with Gasteiger partial charge in [0.2, 0.25) is 0 Å². The molecule has 8 heteroatoms. The molecule has 1 aliphatic rings. The highest BCUT2D eigenvalue weighted by Gasteiger charge is 2.28. The van der Waals surface area contributed by atoms with Crippen LogP contribution in [0.25, 0.3) is 11.0 Å². The van der Waals surface area contributed by atoms with Crippen molar-refractivity contribution >= 4 is 28.8 Å². The van der Waals surface area contributed by atoms with Gasteiger partial charge in [0, 0.05) is 12.0 Å². The van der Waals surface area contributed by atoms with Crippen molar-refractivity contribution in [3.63, 3.8) is 0 Å².